The standard InChI is InChI=1S/C31H32ClNO4/c1-3-30(35)31-24(17-27(34)19-37-20-36-2)8-5-9-28(31)23-7-4-6-21(16-23)10-14-26-15-12-22-11-13-25(32)18-29(22)33-26/h4-16,18,27,30,34-35H,3,17,19-20H2,1-2H3/b14-10+. The molecule has 0 saturated heterocycles. The van der Waals surface area contributed by atoms with Crippen LogP contribution in [-0.2, 0) is 15.9 Å². The topological polar surface area (TPSA) is 71.8 Å². The monoisotopic (exact) mass is 517 g/mol. The van der Waals surface area contributed by atoms with Crippen molar-refractivity contribution in [1.29, 1.82) is 0 Å². The molecular weight excluding hydrogens is 486 g/mol. The highest BCUT2D eigenvalue weighted by Gasteiger charge is 2.19. The third-order valence-corrected chi connectivity index (χ3v) is 6.44. The number of methoxy groups -OCH3 is 1. The van der Waals surface area contributed by atoms with Gasteiger partial charge in [0.1, 0.15) is 6.79 Å². The highest BCUT2D eigenvalue weighted by Crippen LogP contribution is 2.34. The van der Waals surface area contributed by atoms with E-state index in [-0.39, 0.29) is 13.4 Å². The lowest BCUT2D eigenvalue weighted by Crippen LogP contribution is -2.20. The van der Waals surface area contributed by atoms with Gasteiger partial charge in [-0.1, -0.05) is 73.1 Å². The molecule has 4 aromatic rings. The Balaban J connectivity index is 1.62. The number of rotatable bonds is 11. The summed E-state index contributed by atoms with van der Waals surface area (Å²) in [5, 5.41) is 23.1. The lowest BCUT2D eigenvalue weighted by atomic mass is 9.88. The van der Waals surface area contributed by atoms with E-state index in [1.54, 1.807) is 7.11 Å². The van der Waals surface area contributed by atoms with E-state index in [2.05, 4.69) is 6.07 Å². The average Bonchev–Trinajstić information content (AvgIpc) is 2.91. The molecule has 2 N–H and O–H groups in total. The molecule has 37 heavy (non-hydrogen) atoms. The second-order valence-electron chi connectivity index (χ2n) is 8.97. The van der Waals surface area contributed by atoms with Crippen LogP contribution in [-0.4, -0.2) is 41.8 Å². The molecule has 6 heteroatoms. The fourth-order valence-corrected chi connectivity index (χ4v) is 4.58. The van der Waals surface area contributed by atoms with E-state index >= 15 is 0 Å². The Morgan fingerprint density at radius 3 is 2.59 bits per heavy atom. The molecule has 0 aliphatic rings. The lowest BCUT2D eigenvalue weighted by molar-refractivity contribution is -0.0611. The number of hydrogen-bond acceptors (Lipinski definition) is 5. The van der Waals surface area contributed by atoms with Gasteiger partial charge in [-0.2, -0.15) is 0 Å². The summed E-state index contributed by atoms with van der Waals surface area (Å²) >= 11 is 6.13. The first kappa shape index (κ1) is 27.0. The number of ether oxygens (including phenoxy) is 2. The summed E-state index contributed by atoms with van der Waals surface area (Å²) in [6, 6.07) is 23.8. The van der Waals surface area contributed by atoms with Crippen molar-refractivity contribution in [3.05, 3.63) is 100 Å². The van der Waals surface area contributed by atoms with Crippen molar-refractivity contribution in [2.75, 3.05) is 20.5 Å². The van der Waals surface area contributed by atoms with Gasteiger partial charge in [-0.05, 0) is 64.6 Å². The Labute approximate surface area is 223 Å². The summed E-state index contributed by atoms with van der Waals surface area (Å²) in [5.41, 5.74) is 6.40. The fraction of sp³-hybridized carbons (Fsp3) is 0.258. The van der Waals surface area contributed by atoms with Crippen LogP contribution in [0.3, 0.4) is 0 Å². The molecule has 0 fully saturated rings. The molecule has 0 radical (unpaired) electrons. The first-order valence-corrected chi connectivity index (χ1v) is 12.8. The zero-order chi connectivity index (χ0) is 26.2. The van der Waals surface area contributed by atoms with E-state index in [4.69, 9.17) is 26.1 Å². The van der Waals surface area contributed by atoms with E-state index in [9.17, 15) is 10.2 Å². The molecule has 3 aromatic carbocycles. The van der Waals surface area contributed by atoms with Crippen molar-refractivity contribution >= 4 is 34.7 Å². The molecule has 1 heterocycles. The fourth-order valence-electron chi connectivity index (χ4n) is 4.41. The maximum atomic E-state index is 10.9. The Bertz CT molecular complexity index is 1370. The van der Waals surface area contributed by atoms with Crippen LogP contribution >= 0.6 is 11.6 Å². The summed E-state index contributed by atoms with van der Waals surface area (Å²) in [6.07, 6.45) is 3.60. The SMILES string of the molecule is CCC(O)c1c(CC(O)COCOC)cccc1-c1cccc(/C=C/c2ccc3ccc(Cl)cc3n2)c1. The van der Waals surface area contributed by atoms with Crippen molar-refractivity contribution in [2.45, 2.75) is 32.0 Å². The van der Waals surface area contributed by atoms with E-state index in [1.165, 1.54) is 0 Å². The molecule has 2 unspecified atom stereocenters. The Hall–Kier alpha value is -3.06. The van der Waals surface area contributed by atoms with E-state index in [0.717, 1.165) is 44.4 Å². The van der Waals surface area contributed by atoms with Gasteiger partial charge in [0.2, 0.25) is 0 Å². The average molecular weight is 518 g/mol. The number of aromatic nitrogens is 1. The molecule has 4 rings (SSSR count). The summed E-state index contributed by atoms with van der Waals surface area (Å²) in [7, 11) is 1.54. The zero-order valence-corrected chi connectivity index (χ0v) is 21.9. The van der Waals surface area contributed by atoms with Crippen LogP contribution in [0.1, 0.15) is 41.8 Å². The van der Waals surface area contributed by atoms with Gasteiger partial charge in [0.15, 0.2) is 0 Å². The number of aliphatic hydroxyl groups is 2. The number of aliphatic hydroxyl groups excluding tert-OH is 2. The maximum Gasteiger partial charge on any atom is 0.146 e. The van der Waals surface area contributed by atoms with Gasteiger partial charge in [0.25, 0.3) is 0 Å². The minimum absolute atomic E-state index is 0.129. The molecule has 192 valence electrons. The van der Waals surface area contributed by atoms with E-state index < -0.39 is 12.2 Å². The number of hydrogen-bond donors (Lipinski definition) is 2. The summed E-state index contributed by atoms with van der Waals surface area (Å²) in [6.45, 7) is 2.24. The number of pyridine rings is 1. The van der Waals surface area contributed by atoms with Crippen molar-refractivity contribution in [3.8, 4) is 11.1 Å². The van der Waals surface area contributed by atoms with Gasteiger partial charge < -0.3 is 19.7 Å². The van der Waals surface area contributed by atoms with Crippen LogP contribution in [0.5, 0.6) is 0 Å². The molecule has 0 aliphatic carbocycles. The quantitative estimate of drug-likeness (QED) is 0.171. The normalized spacial score (nSPS) is 13.3. The number of halogens is 1. The van der Waals surface area contributed by atoms with Gasteiger partial charge >= 0.3 is 0 Å². The van der Waals surface area contributed by atoms with Gasteiger partial charge in [-0.15, -0.1) is 0 Å². The van der Waals surface area contributed by atoms with Gasteiger partial charge in [-0.3, -0.25) is 0 Å². The number of nitrogens with zero attached hydrogens (tertiary/aromatic N) is 1. The molecule has 1 aromatic heterocycles. The van der Waals surface area contributed by atoms with Crippen LogP contribution < -0.4 is 0 Å². The molecule has 0 bridgehead atoms. The van der Waals surface area contributed by atoms with Crippen LogP contribution in [0.4, 0.5) is 0 Å². The van der Waals surface area contributed by atoms with Crippen molar-refractivity contribution in [1.82, 2.24) is 4.98 Å². The van der Waals surface area contributed by atoms with Crippen LogP contribution in [0.15, 0.2) is 72.8 Å². The first-order chi connectivity index (χ1) is 18.0. The summed E-state index contributed by atoms with van der Waals surface area (Å²) < 4.78 is 10.2. The zero-order valence-electron chi connectivity index (χ0n) is 21.1. The predicted molar refractivity (Wildman–Crippen MR) is 150 cm³/mol. The predicted octanol–water partition coefficient (Wildman–Crippen LogP) is 6.69. The highest BCUT2D eigenvalue weighted by atomic mass is 35.5. The Kier molecular flexibility index (Phi) is 9.45. The third kappa shape index (κ3) is 7.04. The molecule has 0 saturated carbocycles. The Morgan fingerprint density at radius 1 is 0.973 bits per heavy atom. The van der Waals surface area contributed by atoms with Crippen LogP contribution in [0.25, 0.3) is 34.2 Å². The summed E-state index contributed by atoms with van der Waals surface area (Å²) in [4.78, 5) is 4.70. The Morgan fingerprint density at radius 2 is 1.78 bits per heavy atom. The molecular formula is C31H32ClNO4. The molecule has 5 nitrogen and oxygen atoms in total. The van der Waals surface area contributed by atoms with Gasteiger partial charge in [0, 0.05) is 23.9 Å². The lowest BCUT2D eigenvalue weighted by Gasteiger charge is -2.21. The number of benzene rings is 3. The third-order valence-electron chi connectivity index (χ3n) is 6.20. The highest BCUT2D eigenvalue weighted by molar-refractivity contribution is 6.31. The summed E-state index contributed by atoms with van der Waals surface area (Å²) in [5.74, 6) is 0. The minimum atomic E-state index is -0.702. The molecule has 2 atom stereocenters. The van der Waals surface area contributed by atoms with E-state index in [1.807, 2.05) is 85.8 Å². The second kappa shape index (κ2) is 13.0. The molecule has 0 spiro atoms. The van der Waals surface area contributed by atoms with E-state index in [0.29, 0.717) is 17.9 Å². The van der Waals surface area contributed by atoms with Crippen molar-refractivity contribution < 1.29 is 19.7 Å². The van der Waals surface area contributed by atoms with Crippen molar-refractivity contribution in [2.24, 2.45) is 0 Å². The molecule has 0 amide bonds. The maximum absolute atomic E-state index is 10.9. The smallest absolute Gasteiger partial charge is 0.146 e. The molecule has 0 aliphatic heterocycles. The largest absolute Gasteiger partial charge is 0.390 e. The minimum Gasteiger partial charge on any atom is -0.390 e. The second-order valence-corrected chi connectivity index (χ2v) is 9.41. The van der Waals surface area contributed by atoms with Gasteiger partial charge in [0.05, 0.1) is 30.0 Å². The van der Waals surface area contributed by atoms with Crippen LogP contribution in [0.2, 0.25) is 5.02 Å². The number of fused-ring (bicyclic) bond motifs is 1. The van der Waals surface area contributed by atoms with Crippen LogP contribution in [0, 0.1) is 0 Å². The van der Waals surface area contributed by atoms with Gasteiger partial charge in [-0.25, -0.2) is 4.98 Å². The first-order valence-electron chi connectivity index (χ1n) is 12.4. The van der Waals surface area contributed by atoms with Crippen molar-refractivity contribution in [3.63, 3.8) is 0 Å².